The molecule has 8 heteroatoms. The number of fused-ring (bicyclic) bond motifs is 2. The van der Waals surface area contributed by atoms with E-state index in [1.54, 1.807) is 24.7 Å². The molecule has 4 heterocycles. The number of aromatic amines is 2. The molecule has 0 saturated heterocycles. The number of nitrogen functional groups attached to an aromatic ring is 1. The predicted molar refractivity (Wildman–Crippen MR) is 131 cm³/mol. The molecule has 6 aromatic rings. The van der Waals surface area contributed by atoms with Crippen LogP contribution >= 0.6 is 0 Å². The molecule has 0 spiro atoms. The second-order valence-corrected chi connectivity index (χ2v) is 8.02. The molecular weight excluding hydrogens is 431 g/mol. The van der Waals surface area contributed by atoms with Gasteiger partial charge in [0.1, 0.15) is 22.9 Å². The molecule has 0 bridgehead atoms. The van der Waals surface area contributed by atoms with Gasteiger partial charge in [-0.2, -0.15) is 5.10 Å². The Morgan fingerprint density at radius 1 is 0.912 bits per heavy atom. The van der Waals surface area contributed by atoms with Crippen molar-refractivity contribution >= 4 is 27.6 Å². The third-order valence-electron chi connectivity index (χ3n) is 5.86. The zero-order chi connectivity index (χ0) is 23.2. The molecule has 0 aliphatic rings. The van der Waals surface area contributed by atoms with Gasteiger partial charge in [0, 0.05) is 41.0 Å². The zero-order valence-corrected chi connectivity index (χ0v) is 18.1. The smallest absolute Gasteiger partial charge is 0.138 e. The van der Waals surface area contributed by atoms with E-state index in [0.29, 0.717) is 22.6 Å². The molecule has 0 unspecified atom stereocenters. The molecule has 0 saturated carbocycles. The number of hydrogen-bond acceptors (Lipinski definition) is 5. The summed E-state index contributed by atoms with van der Waals surface area (Å²) >= 11 is 0. The molecule has 4 aromatic heterocycles. The molecular formula is C26H19FN6O. The molecule has 0 aliphatic carbocycles. The summed E-state index contributed by atoms with van der Waals surface area (Å²) in [6, 6.07) is 16.4. The number of nitrogens with one attached hydrogen (secondary N) is 2. The van der Waals surface area contributed by atoms with E-state index >= 15 is 0 Å². The van der Waals surface area contributed by atoms with Gasteiger partial charge >= 0.3 is 0 Å². The Kier molecular flexibility index (Phi) is 4.51. The molecule has 34 heavy (non-hydrogen) atoms. The number of ether oxygens (including phenoxy) is 1. The van der Waals surface area contributed by atoms with E-state index in [4.69, 9.17) is 10.5 Å². The van der Waals surface area contributed by atoms with Crippen molar-refractivity contribution in [3.8, 4) is 39.4 Å². The van der Waals surface area contributed by atoms with E-state index in [1.165, 1.54) is 19.2 Å². The van der Waals surface area contributed by atoms with Crippen LogP contribution in [0.25, 0.3) is 55.6 Å². The average molecular weight is 450 g/mol. The van der Waals surface area contributed by atoms with Crippen molar-refractivity contribution in [1.82, 2.24) is 25.1 Å². The van der Waals surface area contributed by atoms with Crippen LogP contribution in [0.15, 0.2) is 73.2 Å². The van der Waals surface area contributed by atoms with E-state index in [2.05, 4.69) is 31.2 Å². The van der Waals surface area contributed by atoms with Crippen LogP contribution in [0.3, 0.4) is 0 Å². The van der Waals surface area contributed by atoms with Gasteiger partial charge in [0.2, 0.25) is 0 Å². The third kappa shape index (κ3) is 3.32. The number of nitrogens with two attached hydrogens (primary N) is 1. The van der Waals surface area contributed by atoms with E-state index in [1.807, 2.05) is 30.3 Å². The fraction of sp³-hybridized carbons (Fsp3) is 0.0385. The summed E-state index contributed by atoms with van der Waals surface area (Å²) in [5.74, 6) is 0.0921. The highest BCUT2D eigenvalue weighted by molar-refractivity contribution is 6.00. The molecule has 6 rings (SSSR count). The molecule has 7 nitrogen and oxygen atoms in total. The quantitative estimate of drug-likeness (QED) is 0.326. The highest BCUT2D eigenvalue weighted by Crippen LogP contribution is 2.35. The fourth-order valence-electron chi connectivity index (χ4n) is 4.26. The fourth-order valence-corrected chi connectivity index (χ4v) is 4.26. The molecule has 2 aromatic carbocycles. The van der Waals surface area contributed by atoms with Gasteiger partial charge in [-0.3, -0.25) is 10.1 Å². The Morgan fingerprint density at radius 3 is 2.68 bits per heavy atom. The van der Waals surface area contributed by atoms with E-state index in [-0.39, 0.29) is 5.82 Å². The van der Waals surface area contributed by atoms with Gasteiger partial charge in [-0.05, 0) is 59.2 Å². The summed E-state index contributed by atoms with van der Waals surface area (Å²) < 4.78 is 19.4. The first-order valence-corrected chi connectivity index (χ1v) is 10.6. The monoisotopic (exact) mass is 450 g/mol. The van der Waals surface area contributed by atoms with E-state index in [9.17, 15) is 4.39 Å². The maximum absolute atomic E-state index is 14.2. The number of benzene rings is 2. The number of rotatable bonds is 4. The van der Waals surface area contributed by atoms with Gasteiger partial charge in [0.25, 0.3) is 0 Å². The Hall–Kier alpha value is -4.72. The summed E-state index contributed by atoms with van der Waals surface area (Å²) in [6.45, 7) is 0. The molecule has 0 amide bonds. The molecule has 0 fully saturated rings. The number of hydrogen-bond donors (Lipinski definition) is 3. The topological polar surface area (TPSA) is 106 Å². The van der Waals surface area contributed by atoms with Gasteiger partial charge in [0.15, 0.2) is 0 Å². The summed E-state index contributed by atoms with van der Waals surface area (Å²) in [6.07, 6.45) is 5.10. The molecule has 0 radical (unpaired) electrons. The largest absolute Gasteiger partial charge is 0.497 e. The number of halogens is 1. The minimum absolute atomic E-state index is 0.364. The van der Waals surface area contributed by atoms with Gasteiger partial charge in [-0.25, -0.2) is 9.37 Å². The van der Waals surface area contributed by atoms with Crippen LogP contribution in [0.1, 0.15) is 0 Å². The third-order valence-corrected chi connectivity index (χ3v) is 5.86. The van der Waals surface area contributed by atoms with Crippen molar-refractivity contribution in [3.63, 3.8) is 0 Å². The zero-order valence-electron chi connectivity index (χ0n) is 18.1. The molecule has 4 N–H and O–H groups in total. The number of H-pyrrole nitrogens is 2. The van der Waals surface area contributed by atoms with Crippen molar-refractivity contribution in [3.05, 3.63) is 79.0 Å². The highest BCUT2D eigenvalue weighted by Gasteiger charge is 2.16. The van der Waals surface area contributed by atoms with E-state index < -0.39 is 0 Å². The van der Waals surface area contributed by atoms with Crippen LogP contribution in [0.4, 0.5) is 10.1 Å². The Bertz CT molecular complexity index is 1690. The van der Waals surface area contributed by atoms with Gasteiger partial charge in [-0.1, -0.05) is 6.07 Å². The maximum atomic E-state index is 14.2. The summed E-state index contributed by atoms with van der Waals surface area (Å²) in [4.78, 5) is 12.0. The lowest BCUT2D eigenvalue weighted by molar-refractivity contribution is 0.411. The normalized spacial score (nSPS) is 11.4. The van der Waals surface area contributed by atoms with Crippen molar-refractivity contribution < 1.29 is 9.13 Å². The van der Waals surface area contributed by atoms with Gasteiger partial charge in [-0.15, -0.1) is 0 Å². The number of pyridine rings is 2. The Balaban J connectivity index is 1.50. The highest BCUT2D eigenvalue weighted by atomic mass is 19.1. The summed E-state index contributed by atoms with van der Waals surface area (Å²) in [5, 5.41) is 9.45. The first kappa shape index (κ1) is 19.9. The van der Waals surface area contributed by atoms with Gasteiger partial charge < -0.3 is 15.5 Å². The number of methoxy groups -OCH3 is 1. The van der Waals surface area contributed by atoms with Crippen molar-refractivity contribution in [1.29, 1.82) is 0 Å². The second kappa shape index (κ2) is 7.70. The van der Waals surface area contributed by atoms with Crippen LogP contribution in [0.2, 0.25) is 0 Å². The first-order valence-electron chi connectivity index (χ1n) is 10.6. The molecule has 0 aliphatic heterocycles. The summed E-state index contributed by atoms with van der Waals surface area (Å²) in [5.41, 5.74) is 13.1. The molecule has 166 valence electrons. The molecule has 0 atom stereocenters. The van der Waals surface area contributed by atoms with Crippen LogP contribution in [-0.4, -0.2) is 32.3 Å². The first-order chi connectivity index (χ1) is 16.6. The lowest BCUT2D eigenvalue weighted by atomic mass is 10.0. The van der Waals surface area contributed by atoms with Crippen molar-refractivity contribution in [2.75, 3.05) is 12.8 Å². The standard InChI is InChI=1S/C26H19FN6O/c1-34-19-8-15(6-17(27)10-19)20-4-5-30-26-21(20)11-24(31-26)25-22-9-14(2-3-23(22)32-33-25)16-7-18(28)13-29-12-16/h2-13H,28H2,1H3,(H,30,31)(H,32,33). The lowest BCUT2D eigenvalue weighted by Crippen LogP contribution is -1.88. The van der Waals surface area contributed by atoms with Crippen LogP contribution < -0.4 is 10.5 Å². The van der Waals surface area contributed by atoms with Crippen molar-refractivity contribution in [2.45, 2.75) is 0 Å². The minimum Gasteiger partial charge on any atom is -0.497 e. The number of aromatic nitrogens is 5. The number of anilines is 1. The summed E-state index contributed by atoms with van der Waals surface area (Å²) in [7, 11) is 1.52. The van der Waals surface area contributed by atoms with Gasteiger partial charge in [0.05, 0.1) is 24.0 Å². The Morgan fingerprint density at radius 2 is 1.82 bits per heavy atom. The predicted octanol–water partition coefficient (Wildman–Crippen LogP) is 5.57. The van der Waals surface area contributed by atoms with Crippen LogP contribution in [0, 0.1) is 5.82 Å². The number of nitrogens with zero attached hydrogens (tertiary/aromatic N) is 3. The minimum atomic E-state index is -0.364. The SMILES string of the molecule is COc1cc(F)cc(-c2ccnc3[nH]c(-c4n[nH]c5ccc(-c6cncc(N)c6)cc45)cc23)c1. The average Bonchev–Trinajstić information content (AvgIpc) is 3.47. The van der Waals surface area contributed by atoms with Crippen LogP contribution in [-0.2, 0) is 0 Å². The second-order valence-electron chi connectivity index (χ2n) is 8.02. The van der Waals surface area contributed by atoms with Crippen LogP contribution in [0.5, 0.6) is 5.75 Å². The maximum Gasteiger partial charge on any atom is 0.138 e. The lowest BCUT2D eigenvalue weighted by Gasteiger charge is -2.06. The Labute approximate surface area is 193 Å². The van der Waals surface area contributed by atoms with Crippen molar-refractivity contribution in [2.24, 2.45) is 0 Å². The van der Waals surface area contributed by atoms with E-state index in [0.717, 1.165) is 44.4 Å².